The largest absolute Gasteiger partial charge is 0.465 e. The Bertz CT molecular complexity index is 629. The monoisotopic (exact) mass is 279 g/mol. The molecule has 0 N–H and O–H groups in total. The summed E-state index contributed by atoms with van der Waals surface area (Å²) in [5.41, 5.74) is 0.665. The molecule has 0 aliphatic carbocycles. The minimum absolute atomic E-state index is 0.264. The fourth-order valence-corrected chi connectivity index (χ4v) is 2.86. The molecular formula is C13H10ClNO2S. The van der Waals surface area contributed by atoms with Crippen LogP contribution >= 0.6 is 22.9 Å². The molecule has 0 bridgehead atoms. The molecule has 0 saturated carbocycles. The average molecular weight is 280 g/mol. The minimum Gasteiger partial charge on any atom is -0.465 e. The van der Waals surface area contributed by atoms with Gasteiger partial charge in [-0.15, -0.1) is 11.3 Å². The van der Waals surface area contributed by atoms with Gasteiger partial charge >= 0.3 is 5.97 Å². The lowest BCUT2D eigenvalue weighted by molar-refractivity contribution is -0.143. The topological polar surface area (TPSA) is 50.1 Å². The Kier molecular flexibility index (Phi) is 3.85. The van der Waals surface area contributed by atoms with Gasteiger partial charge in [-0.25, -0.2) is 0 Å². The normalized spacial score (nSPS) is 12.1. The first-order valence-corrected chi connectivity index (χ1v) is 6.66. The molecule has 2 rings (SSSR count). The summed E-state index contributed by atoms with van der Waals surface area (Å²) in [4.78, 5) is 11.7. The van der Waals surface area contributed by atoms with E-state index in [1.165, 1.54) is 11.3 Å². The van der Waals surface area contributed by atoms with Gasteiger partial charge in [-0.2, -0.15) is 5.26 Å². The predicted molar refractivity (Wildman–Crippen MR) is 71.8 cm³/mol. The number of carbonyl (C=O) groups is 1. The number of nitrogens with zero attached hydrogens (tertiary/aromatic N) is 1. The first kappa shape index (κ1) is 12.9. The Balaban J connectivity index is 2.49. The van der Waals surface area contributed by atoms with Crippen LogP contribution in [0, 0.1) is 11.3 Å². The number of fused-ring (bicyclic) bond motifs is 1. The Labute approximate surface area is 114 Å². The summed E-state index contributed by atoms with van der Waals surface area (Å²) in [5.74, 6) is -1.41. The number of benzene rings is 1. The second-order valence-electron chi connectivity index (χ2n) is 3.65. The van der Waals surface area contributed by atoms with E-state index in [1.54, 1.807) is 19.1 Å². The molecule has 0 radical (unpaired) electrons. The van der Waals surface area contributed by atoms with Crippen molar-refractivity contribution in [1.82, 2.24) is 0 Å². The molecule has 5 heteroatoms. The Morgan fingerprint density at radius 2 is 2.39 bits per heavy atom. The van der Waals surface area contributed by atoms with Crippen molar-refractivity contribution in [2.75, 3.05) is 6.61 Å². The van der Waals surface area contributed by atoms with Crippen LogP contribution in [0.1, 0.15) is 18.4 Å². The Morgan fingerprint density at radius 1 is 1.61 bits per heavy atom. The number of nitriles is 1. The number of rotatable bonds is 3. The first-order valence-electron chi connectivity index (χ1n) is 5.40. The average Bonchev–Trinajstić information content (AvgIpc) is 2.74. The molecule has 1 aromatic carbocycles. The van der Waals surface area contributed by atoms with E-state index in [0.717, 1.165) is 10.1 Å². The van der Waals surface area contributed by atoms with Gasteiger partial charge in [-0.05, 0) is 41.5 Å². The van der Waals surface area contributed by atoms with E-state index in [9.17, 15) is 4.79 Å². The van der Waals surface area contributed by atoms with E-state index in [2.05, 4.69) is 0 Å². The smallest absolute Gasteiger partial charge is 0.327 e. The zero-order chi connectivity index (χ0) is 13.1. The quantitative estimate of drug-likeness (QED) is 0.805. The van der Waals surface area contributed by atoms with Gasteiger partial charge in [0.1, 0.15) is 0 Å². The molecule has 1 atom stereocenters. The van der Waals surface area contributed by atoms with Gasteiger partial charge < -0.3 is 4.74 Å². The van der Waals surface area contributed by atoms with Crippen LogP contribution < -0.4 is 0 Å². The van der Waals surface area contributed by atoms with Crippen LogP contribution in [0.15, 0.2) is 23.6 Å². The number of ether oxygens (including phenoxy) is 1. The van der Waals surface area contributed by atoms with Crippen molar-refractivity contribution in [3.63, 3.8) is 0 Å². The molecule has 0 saturated heterocycles. The summed E-state index contributed by atoms with van der Waals surface area (Å²) in [6.07, 6.45) is 0. The summed E-state index contributed by atoms with van der Waals surface area (Å²) in [6.45, 7) is 1.98. The highest BCUT2D eigenvalue weighted by atomic mass is 35.5. The molecule has 92 valence electrons. The van der Waals surface area contributed by atoms with Gasteiger partial charge in [0.2, 0.25) is 0 Å². The highest BCUT2D eigenvalue weighted by molar-refractivity contribution is 7.17. The lowest BCUT2D eigenvalue weighted by atomic mass is 10.0. The Morgan fingerprint density at radius 3 is 3.06 bits per heavy atom. The molecule has 0 spiro atoms. The van der Waals surface area contributed by atoms with Crippen LogP contribution in [0.3, 0.4) is 0 Å². The van der Waals surface area contributed by atoms with Crippen molar-refractivity contribution < 1.29 is 9.53 Å². The van der Waals surface area contributed by atoms with Crippen LogP contribution in [0.2, 0.25) is 5.02 Å². The maximum Gasteiger partial charge on any atom is 0.327 e. The highest BCUT2D eigenvalue weighted by Gasteiger charge is 2.24. The Hall–Kier alpha value is -1.57. The zero-order valence-electron chi connectivity index (χ0n) is 9.64. The van der Waals surface area contributed by atoms with Gasteiger partial charge in [0.25, 0.3) is 0 Å². The maximum atomic E-state index is 11.7. The van der Waals surface area contributed by atoms with Gasteiger partial charge in [0, 0.05) is 9.72 Å². The first-order chi connectivity index (χ1) is 8.67. The molecule has 3 nitrogen and oxygen atoms in total. The van der Waals surface area contributed by atoms with Crippen molar-refractivity contribution in [2.45, 2.75) is 12.8 Å². The molecule has 18 heavy (non-hydrogen) atoms. The minimum atomic E-state index is -0.892. The van der Waals surface area contributed by atoms with Crippen LogP contribution in [0.25, 0.3) is 10.1 Å². The van der Waals surface area contributed by atoms with E-state index < -0.39 is 11.9 Å². The van der Waals surface area contributed by atoms with E-state index in [1.807, 2.05) is 17.5 Å². The molecule has 0 aliphatic rings. The molecular weight excluding hydrogens is 270 g/mol. The van der Waals surface area contributed by atoms with E-state index in [0.29, 0.717) is 10.6 Å². The lowest BCUT2D eigenvalue weighted by Gasteiger charge is -2.07. The molecule has 2 aromatic rings. The van der Waals surface area contributed by atoms with E-state index in [4.69, 9.17) is 21.6 Å². The molecule has 1 unspecified atom stereocenters. The van der Waals surface area contributed by atoms with Crippen molar-refractivity contribution >= 4 is 39.0 Å². The predicted octanol–water partition coefficient (Wildman–Crippen LogP) is 3.72. The van der Waals surface area contributed by atoms with Crippen molar-refractivity contribution in [3.05, 3.63) is 34.2 Å². The van der Waals surface area contributed by atoms with Gasteiger partial charge in [0.15, 0.2) is 5.92 Å². The van der Waals surface area contributed by atoms with Gasteiger partial charge in [-0.1, -0.05) is 11.6 Å². The standard InChI is InChI=1S/C13H10ClNO2S/c1-2-17-13(16)10(6-15)11-7-18-12-4-3-8(14)5-9(11)12/h3-5,7,10H,2H2,1H3. The molecule has 1 heterocycles. The summed E-state index contributed by atoms with van der Waals surface area (Å²) in [6, 6.07) is 7.43. The molecule has 1 aromatic heterocycles. The van der Waals surface area contributed by atoms with Crippen LogP contribution in [0.5, 0.6) is 0 Å². The van der Waals surface area contributed by atoms with Gasteiger partial charge in [0.05, 0.1) is 12.7 Å². The number of halogens is 1. The third-order valence-electron chi connectivity index (χ3n) is 2.53. The lowest BCUT2D eigenvalue weighted by Crippen LogP contribution is -2.14. The third-order valence-corrected chi connectivity index (χ3v) is 3.74. The summed E-state index contributed by atoms with van der Waals surface area (Å²) >= 11 is 7.43. The highest BCUT2D eigenvalue weighted by Crippen LogP contribution is 2.33. The van der Waals surface area contributed by atoms with Gasteiger partial charge in [-0.3, -0.25) is 4.79 Å². The number of hydrogen-bond acceptors (Lipinski definition) is 4. The summed E-state index contributed by atoms with van der Waals surface area (Å²) in [7, 11) is 0. The molecule has 0 fully saturated rings. The van der Waals surface area contributed by atoms with Crippen molar-refractivity contribution in [1.29, 1.82) is 5.26 Å². The fraction of sp³-hybridized carbons (Fsp3) is 0.231. The number of esters is 1. The number of hydrogen-bond donors (Lipinski definition) is 0. The summed E-state index contributed by atoms with van der Waals surface area (Å²) < 4.78 is 5.91. The second-order valence-corrected chi connectivity index (χ2v) is 4.99. The number of carbonyl (C=O) groups excluding carboxylic acids is 1. The summed E-state index contributed by atoms with van der Waals surface area (Å²) in [5, 5.41) is 12.4. The van der Waals surface area contributed by atoms with Crippen LogP contribution in [-0.4, -0.2) is 12.6 Å². The van der Waals surface area contributed by atoms with Crippen molar-refractivity contribution in [3.8, 4) is 6.07 Å². The third kappa shape index (κ3) is 2.33. The van der Waals surface area contributed by atoms with E-state index in [-0.39, 0.29) is 6.61 Å². The maximum absolute atomic E-state index is 11.7. The fourth-order valence-electron chi connectivity index (χ4n) is 1.72. The SMILES string of the molecule is CCOC(=O)C(C#N)c1csc2ccc(Cl)cc12. The molecule has 0 amide bonds. The van der Waals surface area contributed by atoms with Crippen LogP contribution in [0.4, 0.5) is 0 Å². The number of thiophene rings is 1. The van der Waals surface area contributed by atoms with E-state index >= 15 is 0 Å². The van der Waals surface area contributed by atoms with Crippen LogP contribution in [-0.2, 0) is 9.53 Å². The molecule has 0 aliphatic heterocycles. The zero-order valence-corrected chi connectivity index (χ0v) is 11.2. The van der Waals surface area contributed by atoms with Crippen molar-refractivity contribution in [2.24, 2.45) is 0 Å². The second kappa shape index (κ2) is 5.38.